The Balaban J connectivity index is 1.46. The highest BCUT2D eigenvalue weighted by Crippen LogP contribution is 2.40. The third-order valence-electron chi connectivity index (χ3n) is 5.38. The second-order valence-corrected chi connectivity index (χ2v) is 6.69. The Morgan fingerprint density at radius 1 is 1.27 bits per heavy atom. The number of hydrogen-bond donors (Lipinski definition) is 3. The molecule has 0 bridgehead atoms. The Kier molecular flexibility index (Phi) is 3.64. The normalized spacial score (nSPS) is 26.1. The van der Waals surface area contributed by atoms with E-state index >= 15 is 0 Å². The lowest BCUT2D eigenvalue weighted by atomic mass is 9.67. The summed E-state index contributed by atoms with van der Waals surface area (Å²) in [6, 6.07) is 6.20. The van der Waals surface area contributed by atoms with Crippen LogP contribution < -0.4 is 16.0 Å². The minimum absolute atomic E-state index is 0.0782. The molecular formula is C17H23N3O2. The van der Waals surface area contributed by atoms with Gasteiger partial charge in [0.25, 0.3) is 0 Å². The third-order valence-corrected chi connectivity index (χ3v) is 5.38. The van der Waals surface area contributed by atoms with Crippen molar-refractivity contribution >= 4 is 11.6 Å². The lowest BCUT2D eigenvalue weighted by Crippen LogP contribution is -2.68. The van der Waals surface area contributed by atoms with E-state index in [9.17, 15) is 4.79 Å². The van der Waals surface area contributed by atoms with E-state index in [2.05, 4.69) is 28.1 Å². The molecule has 118 valence electrons. The molecule has 0 saturated carbocycles. The predicted molar refractivity (Wildman–Crippen MR) is 84.8 cm³/mol. The lowest BCUT2D eigenvalue weighted by molar-refractivity contribution is -0.130. The molecule has 4 rings (SSSR count). The average molecular weight is 301 g/mol. The van der Waals surface area contributed by atoms with Gasteiger partial charge >= 0.3 is 0 Å². The first-order valence-corrected chi connectivity index (χ1v) is 8.21. The van der Waals surface area contributed by atoms with Crippen molar-refractivity contribution in [2.24, 2.45) is 5.41 Å². The summed E-state index contributed by atoms with van der Waals surface area (Å²) >= 11 is 0. The van der Waals surface area contributed by atoms with Crippen molar-refractivity contribution in [3.05, 3.63) is 29.3 Å². The fourth-order valence-corrected chi connectivity index (χ4v) is 3.88. The minimum Gasteiger partial charge on any atom is -0.381 e. The van der Waals surface area contributed by atoms with Crippen LogP contribution in [0.5, 0.6) is 0 Å². The summed E-state index contributed by atoms with van der Waals surface area (Å²) in [5.41, 5.74) is 3.70. The molecule has 0 radical (unpaired) electrons. The number of anilines is 1. The van der Waals surface area contributed by atoms with Crippen LogP contribution in [-0.4, -0.2) is 38.3 Å². The summed E-state index contributed by atoms with van der Waals surface area (Å²) in [6.45, 7) is 4.41. The number of fused-ring (bicyclic) bond motifs is 1. The van der Waals surface area contributed by atoms with Crippen LogP contribution in [-0.2, 0) is 22.5 Å². The Morgan fingerprint density at radius 3 is 2.91 bits per heavy atom. The topological polar surface area (TPSA) is 62.4 Å². The molecule has 3 aliphatic rings. The van der Waals surface area contributed by atoms with Gasteiger partial charge in [0, 0.05) is 37.4 Å². The number of amides is 1. The maximum absolute atomic E-state index is 12.6. The van der Waals surface area contributed by atoms with Gasteiger partial charge in [-0.15, -0.1) is 0 Å². The van der Waals surface area contributed by atoms with E-state index in [0.29, 0.717) is 0 Å². The molecule has 3 N–H and O–H groups in total. The number of rotatable bonds is 2. The zero-order valence-corrected chi connectivity index (χ0v) is 12.8. The van der Waals surface area contributed by atoms with Crippen molar-refractivity contribution in [2.75, 3.05) is 31.6 Å². The Hall–Kier alpha value is -1.43. The molecule has 2 fully saturated rings. The smallest absolute Gasteiger partial charge is 0.242 e. The highest BCUT2D eigenvalue weighted by molar-refractivity contribution is 5.96. The van der Waals surface area contributed by atoms with Crippen LogP contribution in [0.1, 0.15) is 24.0 Å². The number of carbonyl (C=O) groups excluding carboxylic acids is 1. The van der Waals surface area contributed by atoms with Crippen molar-refractivity contribution < 1.29 is 9.53 Å². The van der Waals surface area contributed by atoms with Crippen LogP contribution in [0.2, 0.25) is 0 Å². The predicted octanol–water partition coefficient (Wildman–Crippen LogP) is 1.04. The molecule has 1 amide bonds. The summed E-state index contributed by atoms with van der Waals surface area (Å²) < 4.78 is 5.44. The van der Waals surface area contributed by atoms with Gasteiger partial charge in [-0.25, -0.2) is 0 Å². The fourth-order valence-electron chi connectivity index (χ4n) is 3.88. The average Bonchev–Trinajstić information content (AvgIpc) is 2.54. The molecular weight excluding hydrogens is 278 g/mol. The number of benzene rings is 1. The van der Waals surface area contributed by atoms with Crippen molar-refractivity contribution in [3.8, 4) is 0 Å². The molecule has 22 heavy (non-hydrogen) atoms. The van der Waals surface area contributed by atoms with E-state index in [4.69, 9.17) is 4.74 Å². The van der Waals surface area contributed by atoms with Crippen LogP contribution in [0.3, 0.4) is 0 Å². The molecule has 3 heterocycles. The maximum atomic E-state index is 12.6. The molecule has 2 saturated heterocycles. The van der Waals surface area contributed by atoms with E-state index in [1.807, 2.05) is 6.07 Å². The van der Waals surface area contributed by atoms with Crippen LogP contribution in [0.15, 0.2) is 18.2 Å². The van der Waals surface area contributed by atoms with Gasteiger partial charge in [-0.1, -0.05) is 6.07 Å². The molecule has 0 aromatic heterocycles. The van der Waals surface area contributed by atoms with Crippen LogP contribution >= 0.6 is 0 Å². The zero-order chi connectivity index (χ0) is 15.0. The molecule has 0 aliphatic carbocycles. The zero-order valence-electron chi connectivity index (χ0n) is 12.8. The largest absolute Gasteiger partial charge is 0.381 e. The van der Waals surface area contributed by atoms with Gasteiger partial charge in [0.05, 0.1) is 6.04 Å². The monoisotopic (exact) mass is 301 g/mol. The van der Waals surface area contributed by atoms with E-state index in [1.54, 1.807) is 0 Å². The third kappa shape index (κ3) is 2.43. The molecule has 5 nitrogen and oxygen atoms in total. The Morgan fingerprint density at radius 2 is 2.14 bits per heavy atom. The molecule has 1 atom stereocenters. The number of carbonyl (C=O) groups is 1. The molecule has 5 heteroatoms. The summed E-state index contributed by atoms with van der Waals surface area (Å²) in [5.74, 6) is 0.0943. The highest BCUT2D eigenvalue weighted by atomic mass is 16.5. The number of hydrogen-bond acceptors (Lipinski definition) is 4. The summed E-state index contributed by atoms with van der Waals surface area (Å²) in [5, 5.41) is 9.78. The van der Waals surface area contributed by atoms with Gasteiger partial charge in [0.15, 0.2) is 0 Å². The lowest BCUT2D eigenvalue weighted by Gasteiger charge is -2.51. The first-order chi connectivity index (χ1) is 10.8. The van der Waals surface area contributed by atoms with E-state index in [1.165, 1.54) is 11.1 Å². The van der Waals surface area contributed by atoms with E-state index < -0.39 is 0 Å². The summed E-state index contributed by atoms with van der Waals surface area (Å²) in [4.78, 5) is 12.6. The maximum Gasteiger partial charge on any atom is 0.242 e. The SMILES string of the molecule is O=C(Nc1ccc2c(c1)CNCC2)C1NCC12CCOCC2. The fraction of sp³-hybridized carbons (Fsp3) is 0.588. The molecule has 1 spiro atoms. The first kappa shape index (κ1) is 14.2. The van der Waals surface area contributed by atoms with Gasteiger partial charge in [-0.3, -0.25) is 4.79 Å². The number of ether oxygens (including phenoxy) is 1. The van der Waals surface area contributed by atoms with Gasteiger partial charge in [0.2, 0.25) is 5.91 Å². The number of nitrogens with one attached hydrogen (secondary N) is 3. The van der Waals surface area contributed by atoms with Crippen molar-refractivity contribution in [1.82, 2.24) is 10.6 Å². The minimum atomic E-state index is -0.0782. The standard InChI is InChI=1S/C17H23N3O2/c21-16(15-17(11-19-15)4-7-22-8-5-17)20-14-2-1-12-3-6-18-10-13(12)9-14/h1-2,9,15,18-19H,3-8,10-11H2,(H,20,21). The van der Waals surface area contributed by atoms with E-state index in [0.717, 1.165) is 57.8 Å². The van der Waals surface area contributed by atoms with Crippen molar-refractivity contribution in [2.45, 2.75) is 31.8 Å². The second-order valence-electron chi connectivity index (χ2n) is 6.69. The van der Waals surface area contributed by atoms with Crippen LogP contribution in [0, 0.1) is 5.41 Å². The summed E-state index contributed by atoms with van der Waals surface area (Å²) in [7, 11) is 0. The van der Waals surface area contributed by atoms with Crippen LogP contribution in [0.4, 0.5) is 5.69 Å². The van der Waals surface area contributed by atoms with E-state index in [-0.39, 0.29) is 17.4 Å². The van der Waals surface area contributed by atoms with Crippen LogP contribution in [0.25, 0.3) is 0 Å². The van der Waals surface area contributed by atoms with Gasteiger partial charge in [-0.05, 0) is 49.1 Å². The Bertz CT molecular complexity index is 581. The molecule has 1 aromatic carbocycles. The first-order valence-electron chi connectivity index (χ1n) is 8.21. The molecule has 1 unspecified atom stereocenters. The van der Waals surface area contributed by atoms with Gasteiger partial charge in [0.1, 0.15) is 0 Å². The molecule has 3 aliphatic heterocycles. The van der Waals surface area contributed by atoms with Crippen molar-refractivity contribution in [3.63, 3.8) is 0 Å². The van der Waals surface area contributed by atoms with Crippen molar-refractivity contribution in [1.29, 1.82) is 0 Å². The quantitative estimate of drug-likeness (QED) is 0.764. The highest BCUT2D eigenvalue weighted by Gasteiger charge is 2.50. The molecule has 1 aromatic rings. The second kappa shape index (κ2) is 5.65. The van der Waals surface area contributed by atoms with Gasteiger partial charge in [-0.2, -0.15) is 0 Å². The Labute approximate surface area is 130 Å². The summed E-state index contributed by atoms with van der Waals surface area (Å²) in [6.07, 6.45) is 3.02. The van der Waals surface area contributed by atoms with Gasteiger partial charge < -0.3 is 20.7 Å².